The van der Waals surface area contributed by atoms with Gasteiger partial charge in [0.25, 0.3) is 0 Å². The first kappa shape index (κ1) is 29.0. The van der Waals surface area contributed by atoms with E-state index in [2.05, 4.69) is 20.8 Å². The van der Waals surface area contributed by atoms with Crippen molar-refractivity contribution < 1.29 is 28.7 Å². The van der Waals surface area contributed by atoms with E-state index in [0.717, 1.165) is 11.1 Å². The lowest BCUT2D eigenvalue weighted by molar-refractivity contribution is -0.130. The van der Waals surface area contributed by atoms with Crippen LogP contribution in [0.3, 0.4) is 0 Å². The summed E-state index contributed by atoms with van der Waals surface area (Å²) in [4.78, 5) is 47.1. The number of amidine groups is 2. The zero-order chi connectivity index (χ0) is 28.8. The Kier molecular flexibility index (Phi) is 9.32. The fourth-order valence-electron chi connectivity index (χ4n) is 3.79. The van der Waals surface area contributed by atoms with Crippen LogP contribution in [0.5, 0.6) is 11.5 Å². The van der Waals surface area contributed by atoms with Crippen LogP contribution in [0.4, 0.5) is 0 Å². The summed E-state index contributed by atoms with van der Waals surface area (Å²) < 4.78 is 11.8. The number of thioether (sulfide) groups is 2. The lowest BCUT2D eigenvalue weighted by atomic mass is 10.2. The molecule has 14 heteroatoms. The number of hydrogen-bond acceptors (Lipinski definition) is 10. The smallest absolute Gasteiger partial charge is 0.241 e. The molecule has 2 heterocycles. The number of ether oxygens (including phenoxy) is 2. The minimum absolute atomic E-state index is 0.250. The number of nitrogens with one attached hydrogen (secondary N) is 2. The van der Waals surface area contributed by atoms with Crippen LogP contribution in [0.2, 0.25) is 0 Å². The molecule has 2 aromatic carbocycles. The van der Waals surface area contributed by atoms with E-state index >= 15 is 0 Å². The van der Waals surface area contributed by atoms with Gasteiger partial charge in [0.1, 0.15) is 35.5 Å². The van der Waals surface area contributed by atoms with Crippen molar-refractivity contribution in [2.24, 2.45) is 10.2 Å². The quantitative estimate of drug-likeness (QED) is 0.473. The lowest BCUT2D eigenvalue weighted by Crippen LogP contribution is -2.25. The summed E-state index contributed by atoms with van der Waals surface area (Å²) in [5.74, 6) is 0.155. The van der Waals surface area contributed by atoms with E-state index in [1.165, 1.54) is 61.2 Å². The third-order valence-corrected chi connectivity index (χ3v) is 7.61. The Morgan fingerprint density at radius 2 is 1.12 bits per heavy atom. The highest BCUT2D eigenvalue weighted by Gasteiger charge is 2.33. The molecular weight excluding hydrogens is 556 g/mol. The van der Waals surface area contributed by atoms with Gasteiger partial charge in [-0.05, 0) is 35.4 Å². The number of hydrazone groups is 2. The van der Waals surface area contributed by atoms with Gasteiger partial charge in [0.05, 0.1) is 0 Å². The summed E-state index contributed by atoms with van der Waals surface area (Å²) >= 11 is 2.53. The molecule has 2 aliphatic rings. The monoisotopic (exact) mass is 584 g/mol. The topological polar surface area (TPSA) is 142 Å². The Balaban J connectivity index is 1.34. The number of carbonyl (C=O) groups excluding carboxylic acids is 4. The van der Waals surface area contributed by atoms with Crippen molar-refractivity contribution >= 4 is 57.5 Å². The summed E-state index contributed by atoms with van der Waals surface area (Å²) in [6, 6.07) is 14.6. The first-order valence-corrected chi connectivity index (χ1v) is 14.0. The Morgan fingerprint density at radius 3 is 1.48 bits per heavy atom. The third-order valence-electron chi connectivity index (χ3n) is 5.41. The van der Waals surface area contributed by atoms with Gasteiger partial charge >= 0.3 is 0 Å². The van der Waals surface area contributed by atoms with E-state index in [1.54, 1.807) is 12.1 Å². The minimum Gasteiger partial charge on any atom is -0.490 e. The molecule has 4 rings (SSSR count). The molecular formula is C26H28N6O6S2. The average molecular weight is 585 g/mol. The Bertz CT molecular complexity index is 1280. The second kappa shape index (κ2) is 12.9. The number of benzene rings is 2. The first-order chi connectivity index (χ1) is 19.1. The van der Waals surface area contributed by atoms with Gasteiger partial charge in [0.15, 0.2) is 10.3 Å². The molecule has 2 unspecified atom stereocenters. The minimum atomic E-state index is -0.431. The second-order valence-electron chi connectivity index (χ2n) is 8.68. The highest BCUT2D eigenvalue weighted by atomic mass is 32.2. The fraction of sp³-hybridized carbons (Fsp3) is 0.308. The Morgan fingerprint density at radius 1 is 0.725 bits per heavy atom. The molecule has 0 bridgehead atoms. The Hall–Kier alpha value is -4.04. The van der Waals surface area contributed by atoms with Crippen LogP contribution in [0.1, 0.15) is 49.6 Å². The van der Waals surface area contributed by atoms with E-state index in [1.807, 2.05) is 36.4 Å². The molecule has 0 fully saturated rings. The second-order valence-corrected chi connectivity index (χ2v) is 10.8. The average Bonchev–Trinajstić information content (AvgIpc) is 3.51. The van der Waals surface area contributed by atoms with Crippen LogP contribution in [0.25, 0.3) is 0 Å². The third kappa shape index (κ3) is 7.33. The van der Waals surface area contributed by atoms with E-state index < -0.39 is 10.7 Å². The zero-order valence-corrected chi connectivity index (χ0v) is 23.9. The number of nitrogens with zero attached hydrogens (tertiary/aromatic N) is 4. The number of rotatable bonds is 7. The lowest BCUT2D eigenvalue weighted by Gasteiger charge is -2.20. The first-order valence-electron chi connectivity index (χ1n) is 12.2. The molecule has 0 saturated carbocycles. The van der Waals surface area contributed by atoms with Gasteiger partial charge in [-0.1, -0.05) is 47.8 Å². The van der Waals surface area contributed by atoms with Crippen molar-refractivity contribution in [3.63, 3.8) is 0 Å². The van der Waals surface area contributed by atoms with Crippen LogP contribution in [0.15, 0.2) is 58.7 Å². The molecule has 2 aliphatic heterocycles. The maximum Gasteiger partial charge on any atom is 0.241 e. The largest absolute Gasteiger partial charge is 0.490 e. The van der Waals surface area contributed by atoms with Crippen molar-refractivity contribution in [2.45, 2.75) is 38.4 Å². The van der Waals surface area contributed by atoms with Crippen molar-refractivity contribution in [1.82, 2.24) is 20.7 Å². The van der Waals surface area contributed by atoms with Gasteiger partial charge in [-0.15, -0.1) is 10.2 Å². The van der Waals surface area contributed by atoms with Crippen molar-refractivity contribution in [2.75, 3.05) is 13.2 Å². The molecule has 0 spiro atoms. The molecule has 2 atom stereocenters. The molecule has 0 aromatic heterocycles. The van der Waals surface area contributed by atoms with Crippen LogP contribution in [-0.2, 0) is 19.2 Å². The van der Waals surface area contributed by atoms with Gasteiger partial charge in [0, 0.05) is 27.7 Å². The van der Waals surface area contributed by atoms with Crippen LogP contribution < -0.4 is 20.1 Å². The van der Waals surface area contributed by atoms with Crippen molar-refractivity contribution in [3.8, 4) is 11.5 Å². The molecule has 210 valence electrons. The zero-order valence-electron chi connectivity index (χ0n) is 22.2. The number of carbonyl (C=O) groups is 4. The molecule has 0 aliphatic carbocycles. The van der Waals surface area contributed by atoms with E-state index in [9.17, 15) is 19.2 Å². The summed E-state index contributed by atoms with van der Waals surface area (Å²) in [7, 11) is 0. The highest BCUT2D eigenvalue weighted by molar-refractivity contribution is 8.14. The predicted molar refractivity (Wildman–Crippen MR) is 152 cm³/mol. The molecule has 40 heavy (non-hydrogen) atoms. The van der Waals surface area contributed by atoms with E-state index in [-0.39, 0.29) is 36.8 Å². The molecule has 0 saturated heterocycles. The fourth-order valence-corrected chi connectivity index (χ4v) is 6.05. The maximum absolute atomic E-state index is 12.1. The standard InChI is InChI=1S/C26H28N6O6S2/c1-15(33)27-25-29-31(17(3)35)23(39-25)19-7-5-9-21(13-19)37-11-12-38-22-10-6-8-20(14-22)24-32(18(4)36)30-26(40-24)28-16(2)34/h5-10,13-14,23-24H,11-12H2,1-4H3,(H,27,29,33)(H,28,30,34). The van der Waals surface area contributed by atoms with Crippen LogP contribution in [0, 0.1) is 0 Å². The number of amides is 4. The van der Waals surface area contributed by atoms with Gasteiger partial charge in [-0.2, -0.15) is 0 Å². The van der Waals surface area contributed by atoms with Gasteiger partial charge in [0.2, 0.25) is 23.6 Å². The van der Waals surface area contributed by atoms with E-state index in [4.69, 9.17) is 9.47 Å². The summed E-state index contributed by atoms with van der Waals surface area (Å²) in [5, 5.41) is 16.2. The van der Waals surface area contributed by atoms with Gasteiger partial charge < -0.3 is 20.1 Å². The summed E-state index contributed by atoms with van der Waals surface area (Å²) in [5.41, 5.74) is 1.58. The van der Waals surface area contributed by atoms with Crippen LogP contribution >= 0.6 is 23.5 Å². The van der Waals surface area contributed by atoms with Crippen LogP contribution in [-0.4, -0.2) is 57.2 Å². The summed E-state index contributed by atoms with van der Waals surface area (Å²) in [6.45, 7) is 6.10. The van der Waals surface area contributed by atoms with E-state index in [0.29, 0.717) is 21.8 Å². The van der Waals surface area contributed by atoms with Crippen molar-refractivity contribution in [3.05, 3.63) is 59.7 Å². The predicted octanol–water partition coefficient (Wildman–Crippen LogP) is 3.15. The van der Waals surface area contributed by atoms with Crippen molar-refractivity contribution in [1.29, 1.82) is 0 Å². The highest BCUT2D eigenvalue weighted by Crippen LogP contribution is 2.40. The molecule has 12 nitrogen and oxygen atoms in total. The van der Waals surface area contributed by atoms with Gasteiger partial charge in [-0.3, -0.25) is 19.2 Å². The maximum atomic E-state index is 12.1. The normalized spacial score (nSPS) is 18.1. The molecule has 0 radical (unpaired) electrons. The summed E-state index contributed by atoms with van der Waals surface area (Å²) in [6.07, 6.45) is 0. The van der Waals surface area contributed by atoms with Gasteiger partial charge in [-0.25, -0.2) is 10.0 Å². The number of hydrogen-bond donors (Lipinski definition) is 2. The molecule has 4 amide bonds. The molecule has 2 N–H and O–H groups in total. The SMILES string of the molecule is CC(=O)NC1=NN(C(C)=O)C(c2cccc(OCCOc3cccc(C4SC(NC(C)=O)=NN4C(C)=O)c3)c2)S1. The molecule has 2 aromatic rings. The Labute approximate surface area is 239 Å².